The lowest BCUT2D eigenvalue weighted by molar-refractivity contribution is -0.138. The number of hydrogen-bond acceptors (Lipinski definition) is 6. The van der Waals surface area contributed by atoms with Crippen molar-refractivity contribution >= 4 is 29.7 Å². The molecule has 1 aromatic rings. The molecule has 0 radical (unpaired) electrons. The van der Waals surface area contributed by atoms with Gasteiger partial charge < -0.3 is 31.9 Å². The number of nitrogens with two attached hydrogens (primary N) is 1. The van der Waals surface area contributed by atoms with Crippen LogP contribution in [0.5, 0.6) is 0 Å². The molecule has 0 spiro atoms. The average molecular weight is 465 g/mol. The van der Waals surface area contributed by atoms with Gasteiger partial charge in [0.1, 0.15) is 18.6 Å². The molecule has 0 aliphatic rings. The van der Waals surface area contributed by atoms with Crippen molar-refractivity contribution in [1.29, 1.82) is 0 Å². The molecule has 0 aromatic heterocycles. The van der Waals surface area contributed by atoms with Gasteiger partial charge >= 0.3 is 11.9 Å². The second kappa shape index (κ2) is 13.8. The number of rotatable bonds is 14. The minimum absolute atomic E-state index is 0.0165. The normalized spacial score (nSPS) is 13.5. The summed E-state index contributed by atoms with van der Waals surface area (Å²) in [4.78, 5) is 59.5. The number of carboxylic acids is 2. The maximum atomic E-state index is 12.9. The highest BCUT2D eigenvalue weighted by Crippen LogP contribution is 2.08. The van der Waals surface area contributed by atoms with Crippen molar-refractivity contribution in [2.24, 2.45) is 11.7 Å². The summed E-state index contributed by atoms with van der Waals surface area (Å²) in [6, 6.07) is 5.75. The van der Waals surface area contributed by atoms with Gasteiger partial charge in [0, 0.05) is 6.42 Å². The monoisotopic (exact) mass is 464 g/mol. The topological polar surface area (TPSA) is 188 Å². The summed E-state index contributed by atoms with van der Waals surface area (Å²) >= 11 is 0. The molecular weight excluding hydrogens is 432 g/mol. The highest BCUT2D eigenvalue weighted by molar-refractivity contribution is 5.93. The molecule has 0 heterocycles. The third-order valence-corrected chi connectivity index (χ3v) is 4.67. The van der Waals surface area contributed by atoms with Gasteiger partial charge in [0.15, 0.2) is 0 Å². The molecule has 0 aliphatic carbocycles. The number of benzene rings is 1. The van der Waals surface area contributed by atoms with Crippen molar-refractivity contribution in [3.05, 3.63) is 35.9 Å². The van der Waals surface area contributed by atoms with Crippen LogP contribution >= 0.6 is 0 Å². The van der Waals surface area contributed by atoms with Crippen LogP contribution in [0.15, 0.2) is 30.3 Å². The Bertz CT molecular complexity index is 829. The second-order valence-corrected chi connectivity index (χ2v) is 8.09. The van der Waals surface area contributed by atoms with E-state index in [1.54, 1.807) is 24.3 Å². The Morgan fingerprint density at radius 1 is 0.879 bits per heavy atom. The zero-order valence-corrected chi connectivity index (χ0v) is 18.7. The van der Waals surface area contributed by atoms with E-state index >= 15 is 0 Å². The van der Waals surface area contributed by atoms with E-state index in [1.807, 2.05) is 19.9 Å². The molecule has 3 amide bonds. The zero-order chi connectivity index (χ0) is 25.0. The number of aliphatic carboxylic acids is 2. The highest BCUT2D eigenvalue weighted by Gasteiger charge is 2.29. The lowest BCUT2D eigenvalue weighted by atomic mass is 10.0. The number of hydrogen-bond donors (Lipinski definition) is 6. The summed E-state index contributed by atoms with van der Waals surface area (Å²) in [6.45, 7) is 3.02. The van der Waals surface area contributed by atoms with Gasteiger partial charge in [0.2, 0.25) is 17.7 Å². The third-order valence-electron chi connectivity index (χ3n) is 4.67. The van der Waals surface area contributed by atoms with Gasteiger partial charge in [-0.3, -0.25) is 24.0 Å². The molecule has 0 saturated carbocycles. The van der Waals surface area contributed by atoms with Crippen molar-refractivity contribution in [2.75, 3.05) is 6.54 Å². The van der Waals surface area contributed by atoms with Crippen LogP contribution in [0.4, 0.5) is 0 Å². The van der Waals surface area contributed by atoms with Gasteiger partial charge in [-0.2, -0.15) is 0 Å². The molecule has 0 saturated heterocycles. The SMILES string of the molecule is CC(C)CC(NC(=O)C(CCC(=O)O)NC(=O)C(N)Cc1ccccc1)C(=O)NCC(=O)O. The van der Waals surface area contributed by atoms with E-state index in [2.05, 4.69) is 16.0 Å². The summed E-state index contributed by atoms with van der Waals surface area (Å²) in [5.74, 6) is -4.50. The number of amides is 3. The van der Waals surface area contributed by atoms with E-state index in [1.165, 1.54) is 0 Å². The van der Waals surface area contributed by atoms with Gasteiger partial charge in [-0.25, -0.2) is 0 Å². The zero-order valence-electron chi connectivity index (χ0n) is 18.7. The van der Waals surface area contributed by atoms with Gasteiger partial charge in [-0.1, -0.05) is 44.2 Å². The smallest absolute Gasteiger partial charge is 0.322 e. The number of nitrogens with one attached hydrogen (secondary N) is 3. The van der Waals surface area contributed by atoms with Crippen molar-refractivity contribution in [1.82, 2.24) is 16.0 Å². The summed E-state index contributed by atoms with van der Waals surface area (Å²) in [7, 11) is 0. The van der Waals surface area contributed by atoms with Crippen LogP contribution < -0.4 is 21.7 Å². The quantitative estimate of drug-likeness (QED) is 0.215. The predicted molar refractivity (Wildman–Crippen MR) is 119 cm³/mol. The Kier molecular flexibility index (Phi) is 11.6. The molecular formula is C22H32N4O7. The Morgan fingerprint density at radius 3 is 2.03 bits per heavy atom. The van der Waals surface area contributed by atoms with Crippen molar-refractivity contribution in [3.63, 3.8) is 0 Å². The maximum absolute atomic E-state index is 12.9. The first-order chi connectivity index (χ1) is 15.5. The predicted octanol–water partition coefficient (Wildman–Crippen LogP) is -0.362. The molecule has 0 aliphatic heterocycles. The average Bonchev–Trinajstić information content (AvgIpc) is 2.74. The van der Waals surface area contributed by atoms with Crippen molar-refractivity contribution < 1.29 is 34.2 Å². The molecule has 7 N–H and O–H groups in total. The van der Waals surface area contributed by atoms with Gasteiger partial charge in [-0.15, -0.1) is 0 Å². The Labute approximate surface area is 192 Å². The first-order valence-electron chi connectivity index (χ1n) is 10.6. The van der Waals surface area contributed by atoms with E-state index in [0.29, 0.717) is 0 Å². The van der Waals surface area contributed by atoms with Gasteiger partial charge in [0.25, 0.3) is 0 Å². The summed E-state index contributed by atoms with van der Waals surface area (Å²) in [6.07, 6.45) is -0.180. The van der Waals surface area contributed by atoms with Gasteiger partial charge in [-0.05, 0) is 30.7 Å². The molecule has 0 bridgehead atoms. The third kappa shape index (κ3) is 11.1. The van der Waals surface area contributed by atoms with E-state index < -0.39 is 60.8 Å². The van der Waals surface area contributed by atoms with E-state index in [4.69, 9.17) is 15.9 Å². The second-order valence-electron chi connectivity index (χ2n) is 8.09. The Balaban J connectivity index is 2.89. The van der Waals surface area contributed by atoms with Crippen LogP contribution in [0.25, 0.3) is 0 Å². The molecule has 33 heavy (non-hydrogen) atoms. The minimum Gasteiger partial charge on any atom is -0.481 e. The van der Waals surface area contributed by atoms with Crippen LogP contribution in [-0.2, 0) is 30.4 Å². The summed E-state index contributed by atoms with van der Waals surface area (Å²) in [5.41, 5.74) is 6.78. The fraction of sp³-hybridized carbons (Fsp3) is 0.500. The van der Waals surface area contributed by atoms with Crippen LogP contribution in [0.1, 0.15) is 38.7 Å². The van der Waals surface area contributed by atoms with Gasteiger partial charge in [0.05, 0.1) is 6.04 Å². The number of carbonyl (C=O) groups is 5. The summed E-state index contributed by atoms with van der Waals surface area (Å²) in [5, 5.41) is 24.9. The lowest BCUT2D eigenvalue weighted by Gasteiger charge is -2.24. The number of carboxylic acid groups (broad SMARTS) is 2. The lowest BCUT2D eigenvalue weighted by Crippen LogP contribution is -2.56. The molecule has 11 nitrogen and oxygen atoms in total. The minimum atomic E-state index is -1.24. The molecule has 1 aromatic carbocycles. The number of carbonyl (C=O) groups excluding carboxylic acids is 3. The molecule has 182 valence electrons. The van der Waals surface area contributed by atoms with E-state index in [-0.39, 0.29) is 25.2 Å². The van der Waals surface area contributed by atoms with Crippen molar-refractivity contribution in [3.8, 4) is 0 Å². The molecule has 1 rings (SSSR count). The van der Waals surface area contributed by atoms with Crippen LogP contribution in [0, 0.1) is 5.92 Å². The first-order valence-corrected chi connectivity index (χ1v) is 10.6. The summed E-state index contributed by atoms with van der Waals surface area (Å²) < 4.78 is 0. The fourth-order valence-corrected chi connectivity index (χ4v) is 3.04. The molecule has 11 heteroatoms. The van der Waals surface area contributed by atoms with Crippen molar-refractivity contribution in [2.45, 2.75) is 57.7 Å². The van der Waals surface area contributed by atoms with E-state index in [9.17, 15) is 24.0 Å². The molecule has 3 atom stereocenters. The maximum Gasteiger partial charge on any atom is 0.322 e. The largest absolute Gasteiger partial charge is 0.481 e. The van der Waals surface area contributed by atoms with Crippen LogP contribution in [0.2, 0.25) is 0 Å². The standard InChI is InChI=1S/C22H32N4O7/c1-13(2)10-17(21(32)24-12-19(29)30)26-22(33)16(8-9-18(27)28)25-20(31)15(23)11-14-6-4-3-5-7-14/h3-7,13,15-17H,8-12,23H2,1-2H3,(H,24,32)(H,25,31)(H,26,33)(H,27,28)(H,29,30). The Hall–Kier alpha value is -3.47. The molecule has 3 unspecified atom stereocenters. The van der Waals surface area contributed by atoms with Crippen LogP contribution in [0.3, 0.4) is 0 Å². The van der Waals surface area contributed by atoms with Crippen LogP contribution in [-0.4, -0.2) is 64.5 Å². The Morgan fingerprint density at radius 2 is 1.48 bits per heavy atom. The highest BCUT2D eigenvalue weighted by atomic mass is 16.4. The fourth-order valence-electron chi connectivity index (χ4n) is 3.04. The van der Waals surface area contributed by atoms with E-state index in [0.717, 1.165) is 5.56 Å². The first kappa shape index (κ1) is 27.6. The molecule has 0 fully saturated rings.